The van der Waals surface area contributed by atoms with Crippen LogP contribution >= 0.6 is 0 Å². The molecule has 1 aromatic heterocycles. The Morgan fingerprint density at radius 2 is 2.10 bits per heavy atom. The maximum atomic E-state index is 5.50. The smallest absolute Gasteiger partial charge is 0.0518 e. The second-order valence-corrected chi connectivity index (χ2v) is 5.40. The highest BCUT2D eigenvalue weighted by atomic mass is 16.5. The van der Waals surface area contributed by atoms with Gasteiger partial charge in [0.05, 0.1) is 6.10 Å². The van der Waals surface area contributed by atoms with Crippen molar-refractivity contribution in [2.24, 2.45) is 0 Å². The van der Waals surface area contributed by atoms with Crippen molar-refractivity contribution in [3.05, 3.63) is 30.1 Å². The summed E-state index contributed by atoms with van der Waals surface area (Å²) < 4.78 is 5.50. The summed E-state index contributed by atoms with van der Waals surface area (Å²) >= 11 is 0. The van der Waals surface area contributed by atoms with Gasteiger partial charge in [0.15, 0.2) is 0 Å². The first-order valence-electron chi connectivity index (χ1n) is 7.59. The summed E-state index contributed by atoms with van der Waals surface area (Å²) in [5, 5.41) is 3.45. The lowest BCUT2D eigenvalue weighted by atomic mass is 10.2. The van der Waals surface area contributed by atoms with Crippen molar-refractivity contribution in [1.29, 1.82) is 0 Å². The van der Waals surface area contributed by atoms with E-state index < -0.39 is 0 Å². The molecule has 0 aliphatic heterocycles. The van der Waals surface area contributed by atoms with E-state index in [9.17, 15) is 0 Å². The largest absolute Gasteiger partial charge is 0.379 e. The van der Waals surface area contributed by atoms with E-state index >= 15 is 0 Å². The molecule has 0 amide bonds. The average molecular weight is 279 g/mol. The molecule has 0 unspecified atom stereocenters. The second-order valence-electron chi connectivity index (χ2n) is 5.40. The van der Waals surface area contributed by atoms with Crippen LogP contribution in [0.15, 0.2) is 24.4 Å². The predicted molar refractivity (Wildman–Crippen MR) is 84.0 cm³/mol. The molecule has 0 fully saturated rings. The van der Waals surface area contributed by atoms with Crippen molar-refractivity contribution >= 4 is 0 Å². The van der Waals surface area contributed by atoms with Gasteiger partial charge in [-0.15, -0.1) is 0 Å². The van der Waals surface area contributed by atoms with E-state index in [4.69, 9.17) is 4.74 Å². The van der Waals surface area contributed by atoms with Crippen LogP contribution in [0.4, 0.5) is 0 Å². The molecule has 1 heterocycles. The minimum absolute atomic E-state index is 0.340. The molecule has 4 heteroatoms. The van der Waals surface area contributed by atoms with Crippen LogP contribution in [-0.4, -0.2) is 55.8 Å². The van der Waals surface area contributed by atoms with Gasteiger partial charge in [-0.3, -0.25) is 4.98 Å². The fourth-order valence-electron chi connectivity index (χ4n) is 1.87. The summed E-state index contributed by atoms with van der Waals surface area (Å²) in [6, 6.07) is 6.09. The maximum absolute atomic E-state index is 5.50. The number of hydrogen-bond acceptors (Lipinski definition) is 4. The van der Waals surface area contributed by atoms with E-state index in [0.717, 1.165) is 51.3 Å². The highest BCUT2D eigenvalue weighted by Gasteiger charge is 2.00. The predicted octanol–water partition coefficient (Wildman–Crippen LogP) is 1.96. The van der Waals surface area contributed by atoms with E-state index in [0.29, 0.717) is 6.10 Å². The van der Waals surface area contributed by atoms with Crippen LogP contribution in [0.5, 0.6) is 0 Å². The molecule has 0 radical (unpaired) electrons. The molecule has 0 aliphatic carbocycles. The van der Waals surface area contributed by atoms with Crippen LogP contribution in [0.25, 0.3) is 0 Å². The second kappa shape index (κ2) is 10.8. The van der Waals surface area contributed by atoms with Crippen LogP contribution in [0.1, 0.15) is 26.0 Å². The van der Waals surface area contributed by atoms with Gasteiger partial charge in [0.1, 0.15) is 0 Å². The minimum atomic E-state index is 0.340. The Morgan fingerprint density at radius 1 is 1.25 bits per heavy atom. The van der Waals surface area contributed by atoms with E-state index in [1.54, 1.807) is 0 Å². The Morgan fingerprint density at radius 3 is 2.80 bits per heavy atom. The molecule has 0 saturated carbocycles. The zero-order chi connectivity index (χ0) is 14.6. The fraction of sp³-hybridized carbons (Fsp3) is 0.688. The summed E-state index contributed by atoms with van der Waals surface area (Å²) in [4.78, 5) is 6.68. The summed E-state index contributed by atoms with van der Waals surface area (Å²) in [5.41, 5.74) is 1.16. The van der Waals surface area contributed by atoms with Gasteiger partial charge in [0.25, 0.3) is 0 Å². The Labute approximate surface area is 123 Å². The van der Waals surface area contributed by atoms with Gasteiger partial charge in [-0.25, -0.2) is 0 Å². The number of hydrogen-bond donors (Lipinski definition) is 1. The molecule has 0 saturated heterocycles. The fourth-order valence-corrected chi connectivity index (χ4v) is 1.87. The van der Waals surface area contributed by atoms with Gasteiger partial charge in [-0.2, -0.15) is 0 Å². The zero-order valence-corrected chi connectivity index (χ0v) is 13.1. The number of ether oxygens (including phenoxy) is 1. The highest BCUT2D eigenvalue weighted by Crippen LogP contribution is 1.96. The topological polar surface area (TPSA) is 37.4 Å². The van der Waals surface area contributed by atoms with E-state index in [1.807, 2.05) is 18.3 Å². The number of pyridine rings is 1. The summed E-state index contributed by atoms with van der Waals surface area (Å²) in [5.74, 6) is 0. The summed E-state index contributed by atoms with van der Waals surface area (Å²) in [6.45, 7) is 9.17. The van der Waals surface area contributed by atoms with Crippen molar-refractivity contribution in [1.82, 2.24) is 15.2 Å². The normalized spacial score (nSPS) is 11.4. The minimum Gasteiger partial charge on any atom is -0.379 e. The number of aromatic nitrogens is 1. The number of nitrogens with one attached hydrogen (secondary N) is 1. The van der Waals surface area contributed by atoms with Crippen molar-refractivity contribution in [2.75, 3.05) is 39.8 Å². The van der Waals surface area contributed by atoms with Crippen molar-refractivity contribution in [3.8, 4) is 0 Å². The maximum Gasteiger partial charge on any atom is 0.0518 e. The highest BCUT2D eigenvalue weighted by molar-refractivity contribution is 5.03. The van der Waals surface area contributed by atoms with Crippen LogP contribution in [0.2, 0.25) is 0 Å². The van der Waals surface area contributed by atoms with Gasteiger partial charge in [-0.05, 0) is 46.0 Å². The lowest BCUT2D eigenvalue weighted by molar-refractivity contribution is 0.0770. The van der Waals surface area contributed by atoms with Gasteiger partial charge >= 0.3 is 0 Å². The Hall–Kier alpha value is -0.970. The molecular weight excluding hydrogens is 250 g/mol. The standard InChI is InChI=1S/C16H29N3O/c1-15(2)20-14-6-9-17-11-13-19(3)12-8-16-7-4-5-10-18-16/h4-5,7,10,15,17H,6,8-9,11-14H2,1-3H3. The first-order chi connectivity index (χ1) is 9.68. The number of likely N-dealkylation sites (N-methyl/N-ethyl adjacent to an activating group) is 1. The molecule has 0 aromatic carbocycles. The van der Waals surface area contributed by atoms with Crippen LogP contribution < -0.4 is 5.32 Å². The van der Waals surface area contributed by atoms with Gasteiger partial charge in [0, 0.05) is 44.6 Å². The third-order valence-electron chi connectivity index (χ3n) is 3.10. The van der Waals surface area contributed by atoms with Gasteiger partial charge in [0.2, 0.25) is 0 Å². The zero-order valence-electron chi connectivity index (χ0n) is 13.1. The molecule has 0 spiro atoms. The first-order valence-corrected chi connectivity index (χ1v) is 7.59. The molecule has 0 aliphatic rings. The molecule has 0 bridgehead atoms. The molecule has 4 nitrogen and oxygen atoms in total. The molecule has 20 heavy (non-hydrogen) atoms. The third-order valence-corrected chi connectivity index (χ3v) is 3.10. The Balaban J connectivity index is 1.94. The number of nitrogens with zero attached hydrogens (tertiary/aromatic N) is 2. The quantitative estimate of drug-likeness (QED) is 0.628. The molecule has 114 valence electrons. The van der Waals surface area contributed by atoms with Crippen molar-refractivity contribution in [2.45, 2.75) is 32.8 Å². The van der Waals surface area contributed by atoms with Crippen molar-refractivity contribution in [3.63, 3.8) is 0 Å². The monoisotopic (exact) mass is 279 g/mol. The van der Waals surface area contributed by atoms with E-state index in [2.05, 4.69) is 42.2 Å². The first kappa shape index (κ1) is 17.1. The summed E-state index contributed by atoms with van der Waals surface area (Å²) in [7, 11) is 2.16. The van der Waals surface area contributed by atoms with Crippen LogP contribution in [0.3, 0.4) is 0 Å². The van der Waals surface area contributed by atoms with E-state index in [1.165, 1.54) is 0 Å². The van der Waals surface area contributed by atoms with Gasteiger partial charge < -0.3 is 15.0 Å². The SMILES string of the molecule is CC(C)OCCCNCCN(C)CCc1ccccn1. The average Bonchev–Trinajstić information content (AvgIpc) is 2.45. The molecule has 1 rings (SSSR count). The molecule has 1 aromatic rings. The number of rotatable bonds is 11. The molecule has 1 N–H and O–H groups in total. The summed E-state index contributed by atoms with van der Waals surface area (Å²) in [6.07, 6.45) is 4.29. The lowest BCUT2D eigenvalue weighted by Gasteiger charge is -2.16. The van der Waals surface area contributed by atoms with Gasteiger partial charge in [-0.1, -0.05) is 6.07 Å². The third kappa shape index (κ3) is 9.02. The molecule has 0 atom stereocenters. The Bertz CT molecular complexity index is 330. The molecular formula is C16H29N3O. The van der Waals surface area contributed by atoms with Crippen molar-refractivity contribution < 1.29 is 4.74 Å². The Kier molecular flexibility index (Phi) is 9.20. The van der Waals surface area contributed by atoms with Crippen LogP contribution in [0, 0.1) is 0 Å². The van der Waals surface area contributed by atoms with Crippen LogP contribution in [-0.2, 0) is 11.2 Å². The van der Waals surface area contributed by atoms with E-state index in [-0.39, 0.29) is 0 Å². The lowest BCUT2D eigenvalue weighted by Crippen LogP contribution is -2.31.